The second-order valence-corrected chi connectivity index (χ2v) is 7.18. The number of H-pyrrole nitrogens is 1. The Balaban J connectivity index is 1.64. The van der Waals surface area contributed by atoms with Gasteiger partial charge in [-0.2, -0.15) is 0 Å². The third kappa shape index (κ3) is 4.06. The molecule has 0 radical (unpaired) electrons. The standard InChI is InChI=1S/C23H22N2O4/c26-21-18-12-6-5-11-17(18)15-19(24-21)23(28)29-20(16-9-3-1-4-10-16)22(27)25-13-7-2-8-14-25/h1,3-6,9-12,15,20H,2,7-8,13-14H2,(H,24,26). The molecule has 1 saturated heterocycles. The van der Waals surface area contributed by atoms with Crippen molar-refractivity contribution < 1.29 is 14.3 Å². The van der Waals surface area contributed by atoms with Crippen LogP contribution in [-0.2, 0) is 9.53 Å². The zero-order valence-electron chi connectivity index (χ0n) is 16.0. The topological polar surface area (TPSA) is 79.5 Å². The third-order valence-corrected chi connectivity index (χ3v) is 5.19. The van der Waals surface area contributed by atoms with Crippen LogP contribution in [0.5, 0.6) is 0 Å². The summed E-state index contributed by atoms with van der Waals surface area (Å²) in [7, 11) is 0. The molecule has 148 valence electrons. The number of fused-ring (bicyclic) bond motifs is 1. The molecule has 1 amide bonds. The van der Waals surface area contributed by atoms with Gasteiger partial charge in [0.05, 0.1) is 0 Å². The Morgan fingerprint density at radius 1 is 0.931 bits per heavy atom. The van der Waals surface area contributed by atoms with Crippen molar-refractivity contribution in [2.75, 3.05) is 13.1 Å². The molecule has 3 aromatic rings. The van der Waals surface area contributed by atoms with Gasteiger partial charge in [-0.1, -0.05) is 48.5 Å². The summed E-state index contributed by atoms with van der Waals surface area (Å²) in [5.41, 5.74) is 0.273. The average Bonchev–Trinajstić information content (AvgIpc) is 2.78. The van der Waals surface area contributed by atoms with Crippen LogP contribution in [0.2, 0.25) is 0 Å². The first-order chi connectivity index (χ1) is 14.1. The van der Waals surface area contributed by atoms with Crippen LogP contribution in [0.15, 0.2) is 65.5 Å². The second-order valence-electron chi connectivity index (χ2n) is 7.18. The summed E-state index contributed by atoms with van der Waals surface area (Å²) >= 11 is 0. The summed E-state index contributed by atoms with van der Waals surface area (Å²) in [6, 6.07) is 17.6. The highest BCUT2D eigenvalue weighted by Crippen LogP contribution is 2.24. The average molecular weight is 390 g/mol. The summed E-state index contributed by atoms with van der Waals surface area (Å²) < 4.78 is 5.64. The minimum Gasteiger partial charge on any atom is -0.443 e. The zero-order chi connectivity index (χ0) is 20.2. The molecule has 1 aromatic heterocycles. The first-order valence-electron chi connectivity index (χ1n) is 9.80. The van der Waals surface area contributed by atoms with E-state index in [4.69, 9.17) is 4.74 Å². The molecule has 6 heteroatoms. The maximum atomic E-state index is 13.1. The van der Waals surface area contributed by atoms with Gasteiger partial charge in [-0.15, -0.1) is 0 Å². The summed E-state index contributed by atoms with van der Waals surface area (Å²) in [5, 5.41) is 1.13. The fourth-order valence-corrected chi connectivity index (χ4v) is 3.66. The van der Waals surface area contributed by atoms with Gasteiger partial charge in [0.2, 0.25) is 6.10 Å². The van der Waals surface area contributed by atoms with Crippen LogP contribution in [-0.4, -0.2) is 34.8 Å². The number of amides is 1. The number of aromatic amines is 1. The minimum atomic E-state index is -1.04. The number of hydrogen-bond acceptors (Lipinski definition) is 4. The molecule has 29 heavy (non-hydrogen) atoms. The molecule has 1 aliphatic heterocycles. The number of carbonyl (C=O) groups excluding carboxylic acids is 2. The van der Waals surface area contributed by atoms with Gasteiger partial charge < -0.3 is 14.6 Å². The number of rotatable bonds is 4. The number of ether oxygens (including phenoxy) is 1. The number of esters is 1. The Morgan fingerprint density at radius 2 is 1.62 bits per heavy atom. The molecule has 1 N–H and O–H groups in total. The molecule has 2 aromatic carbocycles. The molecule has 6 nitrogen and oxygen atoms in total. The van der Waals surface area contributed by atoms with E-state index in [9.17, 15) is 14.4 Å². The molecule has 1 aliphatic rings. The number of likely N-dealkylation sites (tertiary alicyclic amines) is 1. The van der Waals surface area contributed by atoms with Crippen LogP contribution in [0.4, 0.5) is 0 Å². The lowest BCUT2D eigenvalue weighted by atomic mass is 10.1. The molecule has 0 aliphatic carbocycles. The molecule has 2 heterocycles. The Kier molecular flexibility index (Phi) is 5.42. The Labute approximate surface area is 168 Å². The van der Waals surface area contributed by atoms with Gasteiger partial charge in [0.15, 0.2) is 0 Å². The number of pyridine rings is 1. The van der Waals surface area contributed by atoms with Crippen LogP contribution in [0.1, 0.15) is 41.4 Å². The lowest BCUT2D eigenvalue weighted by Gasteiger charge is -2.30. The molecule has 0 spiro atoms. The molecular weight excluding hydrogens is 368 g/mol. The number of hydrogen-bond donors (Lipinski definition) is 1. The van der Waals surface area contributed by atoms with E-state index in [2.05, 4.69) is 4.98 Å². The molecule has 1 fully saturated rings. The smallest absolute Gasteiger partial charge is 0.355 e. The normalized spacial score (nSPS) is 15.1. The van der Waals surface area contributed by atoms with Gasteiger partial charge in [-0.25, -0.2) is 4.79 Å². The van der Waals surface area contributed by atoms with Crippen LogP contribution in [0.25, 0.3) is 10.8 Å². The van der Waals surface area contributed by atoms with E-state index < -0.39 is 12.1 Å². The van der Waals surface area contributed by atoms with E-state index in [1.165, 1.54) is 0 Å². The van der Waals surface area contributed by atoms with Crippen LogP contribution < -0.4 is 5.56 Å². The lowest BCUT2D eigenvalue weighted by Crippen LogP contribution is -2.40. The van der Waals surface area contributed by atoms with Crippen LogP contribution in [0.3, 0.4) is 0 Å². The van der Waals surface area contributed by atoms with Gasteiger partial charge >= 0.3 is 5.97 Å². The Hall–Kier alpha value is -3.41. The molecule has 1 unspecified atom stereocenters. The quantitative estimate of drug-likeness (QED) is 0.692. The van der Waals surface area contributed by atoms with E-state index in [1.807, 2.05) is 6.07 Å². The number of benzene rings is 2. The highest BCUT2D eigenvalue weighted by Gasteiger charge is 2.31. The fourth-order valence-electron chi connectivity index (χ4n) is 3.66. The fraction of sp³-hybridized carbons (Fsp3) is 0.261. The Morgan fingerprint density at radius 3 is 2.38 bits per heavy atom. The summed E-state index contributed by atoms with van der Waals surface area (Å²) in [4.78, 5) is 42.6. The number of piperidine rings is 1. The number of nitrogens with one attached hydrogen (secondary N) is 1. The van der Waals surface area contributed by atoms with Crippen molar-refractivity contribution in [1.82, 2.24) is 9.88 Å². The van der Waals surface area contributed by atoms with E-state index in [0.717, 1.165) is 19.3 Å². The monoisotopic (exact) mass is 390 g/mol. The first-order valence-corrected chi connectivity index (χ1v) is 9.80. The van der Waals surface area contributed by atoms with E-state index >= 15 is 0 Å². The van der Waals surface area contributed by atoms with Gasteiger partial charge in [-0.05, 0) is 36.8 Å². The third-order valence-electron chi connectivity index (χ3n) is 5.19. The molecule has 0 bridgehead atoms. The predicted molar refractivity (Wildman–Crippen MR) is 110 cm³/mol. The molecule has 0 saturated carbocycles. The SMILES string of the molecule is O=C(OC(C(=O)N1CCCCC1)c1ccccc1)c1cc2ccccc2c(=O)[nH]1. The number of carbonyl (C=O) groups is 2. The molecular formula is C23H22N2O4. The highest BCUT2D eigenvalue weighted by atomic mass is 16.5. The van der Waals surface area contributed by atoms with Crippen molar-refractivity contribution in [3.8, 4) is 0 Å². The molecule has 1 atom stereocenters. The lowest BCUT2D eigenvalue weighted by molar-refractivity contribution is -0.142. The predicted octanol–water partition coefficient (Wildman–Crippen LogP) is 3.44. The summed E-state index contributed by atoms with van der Waals surface area (Å²) in [5.74, 6) is -0.959. The van der Waals surface area contributed by atoms with Crippen molar-refractivity contribution in [3.05, 3.63) is 82.3 Å². The number of nitrogens with zero attached hydrogens (tertiary/aromatic N) is 1. The van der Waals surface area contributed by atoms with E-state index in [-0.39, 0.29) is 17.2 Å². The van der Waals surface area contributed by atoms with Crippen molar-refractivity contribution in [3.63, 3.8) is 0 Å². The van der Waals surface area contributed by atoms with Gasteiger partial charge in [0.25, 0.3) is 11.5 Å². The van der Waals surface area contributed by atoms with E-state index in [1.54, 1.807) is 59.5 Å². The Bertz CT molecular complexity index is 1080. The second kappa shape index (κ2) is 8.31. The van der Waals surface area contributed by atoms with E-state index in [0.29, 0.717) is 29.4 Å². The minimum absolute atomic E-state index is 0.0288. The summed E-state index contributed by atoms with van der Waals surface area (Å²) in [6.45, 7) is 1.32. The van der Waals surface area contributed by atoms with Crippen molar-refractivity contribution >= 4 is 22.6 Å². The largest absolute Gasteiger partial charge is 0.443 e. The number of aromatic nitrogens is 1. The first kappa shape index (κ1) is 18.9. The summed E-state index contributed by atoms with van der Waals surface area (Å²) in [6.07, 6.45) is 1.94. The van der Waals surface area contributed by atoms with Gasteiger partial charge in [0, 0.05) is 24.0 Å². The van der Waals surface area contributed by atoms with Gasteiger partial charge in [0.1, 0.15) is 5.69 Å². The van der Waals surface area contributed by atoms with Crippen molar-refractivity contribution in [2.45, 2.75) is 25.4 Å². The molecule has 4 rings (SSSR count). The van der Waals surface area contributed by atoms with Crippen LogP contribution in [0, 0.1) is 0 Å². The van der Waals surface area contributed by atoms with Crippen molar-refractivity contribution in [1.29, 1.82) is 0 Å². The van der Waals surface area contributed by atoms with Crippen molar-refractivity contribution in [2.24, 2.45) is 0 Å². The van der Waals surface area contributed by atoms with Gasteiger partial charge in [-0.3, -0.25) is 9.59 Å². The van der Waals surface area contributed by atoms with Crippen LogP contribution >= 0.6 is 0 Å². The zero-order valence-corrected chi connectivity index (χ0v) is 16.0. The highest BCUT2D eigenvalue weighted by molar-refractivity contribution is 5.95. The maximum absolute atomic E-state index is 13.1. The maximum Gasteiger partial charge on any atom is 0.355 e.